The Balaban J connectivity index is 1.78. The molecule has 0 aliphatic heterocycles. The molecule has 0 spiro atoms. The number of aromatic nitrogens is 2. The van der Waals surface area contributed by atoms with Crippen molar-refractivity contribution >= 4 is 0 Å². The maximum Gasteiger partial charge on any atom is 0.165 e. The van der Waals surface area contributed by atoms with E-state index >= 15 is 0 Å². The molecule has 0 atom stereocenters. The molecule has 0 aliphatic rings. The van der Waals surface area contributed by atoms with Crippen molar-refractivity contribution in [2.24, 2.45) is 0 Å². The second kappa shape index (κ2) is 6.16. The zero-order valence-electron chi connectivity index (χ0n) is 10.2. The maximum atomic E-state index is 13.4. The van der Waals surface area contributed by atoms with Crippen molar-refractivity contribution in [3.8, 4) is 5.75 Å². The Hall–Kier alpha value is -1.88. The van der Waals surface area contributed by atoms with Crippen molar-refractivity contribution in [3.63, 3.8) is 0 Å². The monoisotopic (exact) mass is 249 g/mol. The van der Waals surface area contributed by atoms with Gasteiger partial charge in [0.1, 0.15) is 5.82 Å². The molecule has 2 aromatic rings. The number of hydrogen-bond acceptors (Lipinski definition) is 3. The molecular formula is C13H16FN3O. The van der Waals surface area contributed by atoms with E-state index in [1.165, 1.54) is 13.2 Å². The van der Waals surface area contributed by atoms with E-state index in [2.05, 4.69) is 15.3 Å². The van der Waals surface area contributed by atoms with Gasteiger partial charge in [0.2, 0.25) is 0 Å². The molecule has 0 saturated heterocycles. The van der Waals surface area contributed by atoms with Crippen LogP contribution in [-0.2, 0) is 13.0 Å². The third-order valence-corrected chi connectivity index (χ3v) is 2.64. The van der Waals surface area contributed by atoms with Gasteiger partial charge in [0.15, 0.2) is 11.6 Å². The van der Waals surface area contributed by atoms with Crippen molar-refractivity contribution in [3.05, 3.63) is 47.8 Å². The lowest BCUT2D eigenvalue weighted by molar-refractivity contribution is 0.386. The van der Waals surface area contributed by atoms with Crippen LogP contribution in [0.1, 0.15) is 11.4 Å². The molecule has 0 fully saturated rings. The second-order valence-corrected chi connectivity index (χ2v) is 3.93. The predicted molar refractivity (Wildman–Crippen MR) is 67.0 cm³/mol. The number of nitrogens with zero attached hydrogens (tertiary/aromatic N) is 1. The Labute approximate surface area is 105 Å². The molecule has 18 heavy (non-hydrogen) atoms. The fourth-order valence-electron chi connectivity index (χ4n) is 1.69. The van der Waals surface area contributed by atoms with Crippen LogP contribution in [0.4, 0.5) is 4.39 Å². The van der Waals surface area contributed by atoms with Gasteiger partial charge in [-0.2, -0.15) is 0 Å². The van der Waals surface area contributed by atoms with Crippen LogP contribution in [0.25, 0.3) is 0 Å². The van der Waals surface area contributed by atoms with Crippen molar-refractivity contribution < 1.29 is 9.13 Å². The van der Waals surface area contributed by atoms with E-state index in [4.69, 9.17) is 4.74 Å². The Morgan fingerprint density at radius 3 is 3.00 bits per heavy atom. The summed E-state index contributed by atoms with van der Waals surface area (Å²) in [6, 6.07) is 4.97. The fourth-order valence-corrected chi connectivity index (χ4v) is 1.69. The van der Waals surface area contributed by atoms with Crippen LogP contribution in [0.3, 0.4) is 0 Å². The van der Waals surface area contributed by atoms with E-state index < -0.39 is 0 Å². The molecule has 0 aliphatic carbocycles. The number of methoxy groups -OCH3 is 1. The first kappa shape index (κ1) is 12.6. The van der Waals surface area contributed by atoms with Gasteiger partial charge in [0, 0.05) is 31.9 Å². The first-order valence-corrected chi connectivity index (χ1v) is 5.81. The molecule has 0 unspecified atom stereocenters. The first-order chi connectivity index (χ1) is 8.79. The quantitative estimate of drug-likeness (QED) is 0.769. The number of ether oxygens (including phenoxy) is 1. The number of benzene rings is 1. The highest BCUT2D eigenvalue weighted by Gasteiger charge is 2.03. The van der Waals surface area contributed by atoms with Crippen molar-refractivity contribution in [1.29, 1.82) is 0 Å². The Kier molecular flexibility index (Phi) is 4.30. The lowest BCUT2D eigenvalue weighted by Gasteiger charge is -2.06. The minimum Gasteiger partial charge on any atom is -0.494 e. The topological polar surface area (TPSA) is 49.9 Å². The van der Waals surface area contributed by atoms with Crippen molar-refractivity contribution in [2.75, 3.05) is 13.7 Å². The fraction of sp³-hybridized carbons (Fsp3) is 0.308. The van der Waals surface area contributed by atoms with Crippen LogP contribution in [0, 0.1) is 5.82 Å². The smallest absolute Gasteiger partial charge is 0.165 e. The summed E-state index contributed by atoms with van der Waals surface area (Å²) in [5, 5.41) is 3.24. The van der Waals surface area contributed by atoms with E-state index in [9.17, 15) is 4.39 Å². The Bertz CT molecular complexity index is 485. The Morgan fingerprint density at radius 1 is 1.44 bits per heavy atom. The molecule has 1 aromatic heterocycles. The highest BCUT2D eigenvalue weighted by Crippen LogP contribution is 2.17. The van der Waals surface area contributed by atoms with Crippen LogP contribution in [0.5, 0.6) is 5.75 Å². The summed E-state index contributed by atoms with van der Waals surface area (Å²) in [5.41, 5.74) is 0.896. The van der Waals surface area contributed by atoms with Crippen LogP contribution >= 0.6 is 0 Å². The van der Waals surface area contributed by atoms with E-state index in [0.717, 1.165) is 24.4 Å². The normalized spacial score (nSPS) is 10.6. The molecule has 96 valence electrons. The molecular weight excluding hydrogens is 233 g/mol. The minimum absolute atomic E-state index is 0.273. The Morgan fingerprint density at radius 2 is 2.33 bits per heavy atom. The minimum atomic E-state index is -0.331. The number of nitrogens with one attached hydrogen (secondary N) is 2. The summed E-state index contributed by atoms with van der Waals surface area (Å²) in [7, 11) is 1.46. The summed E-state index contributed by atoms with van der Waals surface area (Å²) < 4.78 is 18.3. The van der Waals surface area contributed by atoms with Gasteiger partial charge in [-0.15, -0.1) is 0 Å². The SMILES string of the molecule is COc1ccc(CNCCc2ncc[nH]2)cc1F. The number of hydrogen-bond donors (Lipinski definition) is 2. The zero-order chi connectivity index (χ0) is 12.8. The molecule has 2 N–H and O–H groups in total. The number of H-pyrrole nitrogens is 1. The average Bonchev–Trinajstić information content (AvgIpc) is 2.88. The van der Waals surface area contributed by atoms with Gasteiger partial charge in [-0.25, -0.2) is 9.37 Å². The van der Waals surface area contributed by atoms with Crippen molar-refractivity contribution in [2.45, 2.75) is 13.0 Å². The van der Waals surface area contributed by atoms with Crippen LogP contribution < -0.4 is 10.1 Å². The summed E-state index contributed by atoms with van der Waals surface area (Å²) in [4.78, 5) is 7.16. The molecule has 2 rings (SSSR count). The third kappa shape index (κ3) is 3.30. The maximum absolute atomic E-state index is 13.4. The summed E-state index contributed by atoms with van der Waals surface area (Å²) in [6.07, 6.45) is 4.36. The molecule has 0 saturated carbocycles. The predicted octanol–water partition coefficient (Wildman–Crippen LogP) is 1.89. The van der Waals surface area contributed by atoms with E-state index in [1.807, 2.05) is 6.07 Å². The second-order valence-electron chi connectivity index (χ2n) is 3.93. The van der Waals surface area contributed by atoms with E-state index in [-0.39, 0.29) is 11.6 Å². The van der Waals surface area contributed by atoms with Crippen molar-refractivity contribution in [1.82, 2.24) is 15.3 Å². The molecule has 4 nitrogen and oxygen atoms in total. The number of rotatable bonds is 6. The van der Waals surface area contributed by atoms with Gasteiger partial charge in [-0.3, -0.25) is 0 Å². The molecule has 5 heteroatoms. The summed E-state index contributed by atoms with van der Waals surface area (Å²) in [5.74, 6) is 0.889. The van der Waals surface area contributed by atoms with Gasteiger partial charge < -0.3 is 15.0 Å². The van der Waals surface area contributed by atoms with Gasteiger partial charge in [-0.05, 0) is 17.7 Å². The van der Waals surface area contributed by atoms with Gasteiger partial charge in [0.05, 0.1) is 7.11 Å². The lowest BCUT2D eigenvalue weighted by Crippen LogP contribution is -2.17. The molecule has 0 radical (unpaired) electrons. The van der Waals surface area contributed by atoms with Gasteiger partial charge in [0.25, 0.3) is 0 Å². The number of halogens is 1. The van der Waals surface area contributed by atoms with Gasteiger partial charge >= 0.3 is 0 Å². The lowest BCUT2D eigenvalue weighted by atomic mass is 10.2. The molecule has 0 bridgehead atoms. The summed E-state index contributed by atoms with van der Waals surface area (Å²) >= 11 is 0. The third-order valence-electron chi connectivity index (χ3n) is 2.64. The van der Waals surface area contributed by atoms with Crippen LogP contribution in [0.2, 0.25) is 0 Å². The van der Waals surface area contributed by atoms with Gasteiger partial charge in [-0.1, -0.05) is 6.07 Å². The average molecular weight is 249 g/mol. The largest absolute Gasteiger partial charge is 0.494 e. The van der Waals surface area contributed by atoms with Crippen LogP contribution in [-0.4, -0.2) is 23.6 Å². The molecule has 0 amide bonds. The highest BCUT2D eigenvalue weighted by atomic mass is 19.1. The van der Waals surface area contributed by atoms with E-state index in [0.29, 0.717) is 6.54 Å². The summed E-state index contributed by atoms with van der Waals surface area (Å²) in [6.45, 7) is 1.42. The molecule has 1 heterocycles. The number of aromatic amines is 1. The standard InChI is InChI=1S/C13H16FN3O/c1-18-12-3-2-10(8-11(12)14)9-15-5-4-13-16-6-7-17-13/h2-3,6-8,15H,4-5,9H2,1H3,(H,16,17). The van der Waals surface area contributed by atoms with E-state index in [1.54, 1.807) is 18.5 Å². The first-order valence-electron chi connectivity index (χ1n) is 5.81. The van der Waals surface area contributed by atoms with Crippen LogP contribution in [0.15, 0.2) is 30.6 Å². The molecule has 1 aromatic carbocycles. The highest BCUT2D eigenvalue weighted by molar-refractivity contribution is 5.29. The number of imidazole rings is 1. The zero-order valence-corrected chi connectivity index (χ0v) is 10.2.